The second-order valence-electron chi connectivity index (χ2n) is 19.2. The van der Waals surface area contributed by atoms with Crippen molar-refractivity contribution in [1.82, 2.24) is 0 Å². The third-order valence-corrected chi connectivity index (χ3v) is 12.4. The highest BCUT2D eigenvalue weighted by atomic mass is 16.6. The van der Waals surface area contributed by atoms with Crippen LogP contribution in [0.25, 0.3) is 0 Å². The largest absolute Gasteiger partial charge is 0.462 e. The summed E-state index contributed by atoms with van der Waals surface area (Å²) in [5, 5.41) is 0. The minimum absolute atomic E-state index is 0.103. The van der Waals surface area contributed by atoms with Crippen LogP contribution in [0.15, 0.2) is 85.1 Å². The Kier molecular flexibility index (Phi) is 54.3. The Hall–Kier alpha value is -3.41. The van der Waals surface area contributed by atoms with Gasteiger partial charge in [-0.05, 0) is 83.5 Å². The summed E-state index contributed by atoms with van der Waals surface area (Å²) in [4.78, 5) is 37.6. The Labute approximate surface area is 426 Å². The molecule has 6 heteroatoms. The lowest BCUT2D eigenvalue weighted by molar-refractivity contribution is -0.166. The van der Waals surface area contributed by atoms with Gasteiger partial charge in [0, 0.05) is 19.3 Å². The Bertz CT molecular complexity index is 1330. The molecule has 1 unspecified atom stereocenters. The fourth-order valence-corrected chi connectivity index (χ4v) is 8.05. The average Bonchev–Trinajstić information content (AvgIpc) is 3.35. The quantitative estimate of drug-likeness (QED) is 0.0262. The predicted octanol–water partition coefficient (Wildman–Crippen LogP) is 19.5. The molecule has 0 bridgehead atoms. The van der Waals surface area contributed by atoms with Crippen LogP contribution < -0.4 is 0 Å². The predicted molar refractivity (Wildman–Crippen MR) is 297 cm³/mol. The van der Waals surface area contributed by atoms with Gasteiger partial charge in [-0.25, -0.2) is 0 Å². The third-order valence-electron chi connectivity index (χ3n) is 12.4. The van der Waals surface area contributed by atoms with E-state index in [0.717, 1.165) is 89.9 Å². The second-order valence-corrected chi connectivity index (χ2v) is 19.2. The maximum Gasteiger partial charge on any atom is 0.306 e. The first-order chi connectivity index (χ1) is 34.0. The van der Waals surface area contributed by atoms with Gasteiger partial charge in [0.1, 0.15) is 13.2 Å². The molecule has 0 N–H and O–H groups in total. The molecule has 0 aliphatic heterocycles. The summed E-state index contributed by atoms with van der Waals surface area (Å²) < 4.78 is 16.6. The summed E-state index contributed by atoms with van der Waals surface area (Å²) in [6.07, 6.45) is 75.2. The van der Waals surface area contributed by atoms with E-state index in [1.165, 1.54) is 141 Å². The van der Waals surface area contributed by atoms with Crippen molar-refractivity contribution in [2.75, 3.05) is 13.2 Å². The molecule has 396 valence electrons. The first-order valence-electron chi connectivity index (χ1n) is 29.1. The van der Waals surface area contributed by atoms with Crippen LogP contribution in [0.1, 0.15) is 278 Å². The maximum absolute atomic E-state index is 12.7. The van der Waals surface area contributed by atoms with Gasteiger partial charge in [-0.1, -0.05) is 260 Å². The van der Waals surface area contributed by atoms with E-state index in [9.17, 15) is 14.4 Å². The van der Waals surface area contributed by atoms with E-state index in [4.69, 9.17) is 14.2 Å². The van der Waals surface area contributed by atoms with Crippen LogP contribution in [0.2, 0.25) is 0 Å². The number of allylic oxidation sites excluding steroid dienone is 14. The van der Waals surface area contributed by atoms with Gasteiger partial charge in [0.2, 0.25) is 0 Å². The summed E-state index contributed by atoms with van der Waals surface area (Å²) in [7, 11) is 0. The average molecular weight is 962 g/mol. The summed E-state index contributed by atoms with van der Waals surface area (Å²) >= 11 is 0. The minimum atomic E-state index is -0.808. The summed E-state index contributed by atoms with van der Waals surface area (Å²) in [5.41, 5.74) is 0. The SMILES string of the molecule is CC/C=C\C/C=C\C/C=C\C/C=C\CCC(=O)OC(COC(=O)CCCCCCC)COC(=O)CCCCCCCCCCCCCCCCCCCC/C=C\C/C=C\C/C=C\CCCCCCC. The Morgan fingerprint density at radius 3 is 0.942 bits per heavy atom. The van der Waals surface area contributed by atoms with E-state index >= 15 is 0 Å². The highest BCUT2D eigenvalue weighted by Crippen LogP contribution is 2.16. The number of carbonyl (C=O) groups is 3. The lowest BCUT2D eigenvalue weighted by atomic mass is 10.0. The van der Waals surface area contributed by atoms with Crippen molar-refractivity contribution >= 4 is 17.9 Å². The lowest BCUT2D eigenvalue weighted by Gasteiger charge is -2.18. The molecule has 0 saturated carbocycles. The monoisotopic (exact) mass is 961 g/mol. The minimum Gasteiger partial charge on any atom is -0.462 e. The third kappa shape index (κ3) is 55.4. The number of hydrogen-bond donors (Lipinski definition) is 0. The molecular formula is C63H108O6. The smallest absolute Gasteiger partial charge is 0.306 e. The molecule has 0 fully saturated rings. The Morgan fingerprint density at radius 2 is 0.594 bits per heavy atom. The van der Waals surface area contributed by atoms with Crippen LogP contribution in [-0.2, 0) is 28.6 Å². The van der Waals surface area contributed by atoms with Crippen LogP contribution in [0.5, 0.6) is 0 Å². The van der Waals surface area contributed by atoms with Crippen molar-refractivity contribution in [3.05, 3.63) is 85.1 Å². The van der Waals surface area contributed by atoms with Crippen molar-refractivity contribution in [2.24, 2.45) is 0 Å². The fraction of sp³-hybridized carbons (Fsp3) is 0.730. The molecule has 0 aromatic carbocycles. The number of rotatable bonds is 52. The summed E-state index contributed by atoms with van der Waals surface area (Å²) in [5.74, 6) is -0.998. The van der Waals surface area contributed by atoms with Gasteiger partial charge in [-0.15, -0.1) is 0 Å². The molecule has 0 aliphatic rings. The zero-order chi connectivity index (χ0) is 50.0. The van der Waals surface area contributed by atoms with E-state index in [2.05, 4.69) is 93.7 Å². The highest BCUT2D eigenvalue weighted by molar-refractivity contribution is 5.71. The zero-order valence-electron chi connectivity index (χ0n) is 45.3. The maximum atomic E-state index is 12.7. The van der Waals surface area contributed by atoms with Crippen LogP contribution >= 0.6 is 0 Å². The molecule has 69 heavy (non-hydrogen) atoms. The Morgan fingerprint density at radius 1 is 0.304 bits per heavy atom. The van der Waals surface area contributed by atoms with Crippen LogP contribution in [0.4, 0.5) is 0 Å². The normalized spacial score (nSPS) is 12.7. The van der Waals surface area contributed by atoms with Gasteiger partial charge >= 0.3 is 17.9 Å². The molecule has 0 saturated heterocycles. The highest BCUT2D eigenvalue weighted by Gasteiger charge is 2.19. The van der Waals surface area contributed by atoms with E-state index in [-0.39, 0.29) is 31.6 Å². The number of hydrogen-bond acceptors (Lipinski definition) is 6. The first-order valence-corrected chi connectivity index (χ1v) is 29.1. The van der Waals surface area contributed by atoms with Crippen molar-refractivity contribution in [3.8, 4) is 0 Å². The lowest BCUT2D eigenvalue weighted by Crippen LogP contribution is -2.30. The van der Waals surface area contributed by atoms with Gasteiger partial charge in [0.05, 0.1) is 0 Å². The standard InChI is InChI=1S/C63H108O6/c1-4-7-10-13-15-17-19-21-22-23-24-25-26-27-28-29-30-31-32-33-34-35-36-37-38-39-40-42-43-45-47-50-53-56-62(65)68-59-60(58-67-61(64)55-52-49-12-9-6-3)69-63(66)57-54-51-48-46-44-41-20-18-16-14-11-8-5-2/h8,11,16,18-19,21,23-24,26-27,41,44,48,51,60H,4-7,9-10,12-15,17,20,22,25,28-40,42-43,45-47,49-50,52-59H2,1-3H3/b11-8-,18-16-,21-19-,24-23-,27-26-,44-41-,51-48-. The number of unbranched alkanes of at least 4 members (excludes halogenated alkanes) is 27. The van der Waals surface area contributed by atoms with Gasteiger partial charge in [0.25, 0.3) is 0 Å². The molecule has 0 aromatic heterocycles. The number of esters is 3. The van der Waals surface area contributed by atoms with Crippen LogP contribution in [0, 0.1) is 0 Å². The molecule has 0 spiro atoms. The molecule has 1 atom stereocenters. The van der Waals surface area contributed by atoms with E-state index in [1.54, 1.807) is 0 Å². The Balaban J connectivity index is 3.95. The topological polar surface area (TPSA) is 78.9 Å². The first kappa shape index (κ1) is 65.6. The van der Waals surface area contributed by atoms with Gasteiger partial charge < -0.3 is 14.2 Å². The zero-order valence-corrected chi connectivity index (χ0v) is 45.3. The van der Waals surface area contributed by atoms with Crippen molar-refractivity contribution in [3.63, 3.8) is 0 Å². The van der Waals surface area contributed by atoms with Crippen molar-refractivity contribution in [2.45, 2.75) is 284 Å². The fourth-order valence-electron chi connectivity index (χ4n) is 8.05. The van der Waals surface area contributed by atoms with E-state index < -0.39 is 12.1 Å². The molecule has 0 amide bonds. The van der Waals surface area contributed by atoms with Crippen molar-refractivity contribution in [1.29, 1.82) is 0 Å². The molecule has 0 heterocycles. The molecule has 0 aliphatic carbocycles. The van der Waals surface area contributed by atoms with E-state index in [0.29, 0.717) is 19.3 Å². The van der Waals surface area contributed by atoms with Gasteiger partial charge in [0.15, 0.2) is 6.10 Å². The van der Waals surface area contributed by atoms with Crippen LogP contribution in [0.3, 0.4) is 0 Å². The number of carbonyl (C=O) groups excluding carboxylic acids is 3. The van der Waals surface area contributed by atoms with Gasteiger partial charge in [-0.3, -0.25) is 14.4 Å². The molecule has 0 aromatic rings. The van der Waals surface area contributed by atoms with Gasteiger partial charge in [-0.2, -0.15) is 0 Å². The molecule has 0 radical (unpaired) electrons. The van der Waals surface area contributed by atoms with E-state index in [1.807, 2.05) is 12.2 Å². The summed E-state index contributed by atoms with van der Waals surface area (Å²) in [6, 6.07) is 0. The second kappa shape index (κ2) is 57.2. The molecule has 0 rings (SSSR count). The summed E-state index contributed by atoms with van der Waals surface area (Å²) in [6.45, 7) is 6.37. The van der Waals surface area contributed by atoms with Crippen LogP contribution in [-0.4, -0.2) is 37.2 Å². The molecule has 6 nitrogen and oxygen atoms in total. The van der Waals surface area contributed by atoms with Crippen molar-refractivity contribution < 1.29 is 28.6 Å². The number of ether oxygens (including phenoxy) is 3. The molecular weight excluding hydrogens is 853 g/mol.